The van der Waals surface area contributed by atoms with Crippen LogP contribution in [0.1, 0.15) is 32.4 Å². The molecule has 1 N–H and O–H groups in total. The van der Waals surface area contributed by atoms with Gasteiger partial charge in [0, 0.05) is 23.9 Å². The number of nitrogens with zero attached hydrogens (tertiary/aromatic N) is 2. The van der Waals surface area contributed by atoms with Crippen LogP contribution in [0.4, 0.5) is 0 Å². The van der Waals surface area contributed by atoms with Gasteiger partial charge in [-0.05, 0) is 39.1 Å². The fraction of sp³-hybridized carbons (Fsp3) is 0.643. The molecule has 1 heterocycles. The number of aliphatic hydroxyl groups is 1. The Morgan fingerprint density at radius 3 is 2.35 bits per heavy atom. The molecule has 0 aromatic carbocycles. The molecule has 1 rings (SSSR count). The van der Waals surface area contributed by atoms with Crippen molar-refractivity contribution in [2.75, 3.05) is 14.1 Å². The zero-order chi connectivity index (χ0) is 12.9. The van der Waals surface area contributed by atoms with Crippen LogP contribution in [0, 0.1) is 0 Å². The van der Waals surface area contributed by atoms with Crippen LogP contribution in [-0.2, 0) is 6.42 Å². The normalized spacial score (nSPS) is 14.0. The largest absolute Gasteiger partial charge is 0.391 e. The van der Waals surface area contributed by atoms with Crippen LogP contribution < -0.4 is 0 Å². The minimum Gasteiger partial charge on any atom is -0.391 e. The van der Waals surface area contributed by atoms with E-state index in [1.54, 1.807) is 6.20 Å². The van der Waals surface area contributed by atoms with E-state index in [0.29, 0.717) is 6.42 Å². The molecule has 96 valence electrons. The Bertz CT molecular complexity index is 320. The lowest BCUT2D eigenvalue weighted by Crippen LogP contribution is -2.53. The highest BCUT2D eigenvalue weighted by Gasteiger charge is 2.36. The summed E-state index contributed by atoms with van der Waals surface area (Å²) >= 11 is 0. The molecule has 1 aromatic heterocycles. The summed E-state index contributed by atoms with van der Waals surface area (Å²) < 4.78 is 0. The second kappa shape index (κ2) is 6.12. The van der Waals surface area contributed by atoms with Gasteiger partial charge in [0.25, 0.3) is 0 Å². The maximum Gasteiger partial charge on any atom is 0.0778 e. The molecule has 1 atom stereocenters. The Morgan fingerprint density at radius 2 is 1.94 bits per heavy atom. The SMILES string of the molecule is CCC(CC)(C(O)Cc1ccccn1)N(C)C. The topological polar surface area (TPSA) is 36.4 Å². The van der Waals surface area contributed by atoms with Crippen molar-refractivity contribution in [2.24, 2.45) is 0 Å². The summed E-state index contributed by atoms with van der Waals surface area (Å²) in [6.45, 7) is 4.26. The molecule has 3 heteroatoms. The fourth-order valence-electron chi connectivity index (χ4n) is 2.56. The first-order valence-electron chi connectivity index (χ1n) is 6.32. The first-order chi connectivity index (χ1) is 8.06. The minimum absolute atomic E-state index is 0.155. The number of rotatable bonds is 6. The van der Waals surface area contributed by atoms with Crippen molar-refractivity contribution in [3.63, 3.8) is 0 Å². The third kappa shape index (κ3) is 3.05. The van der Waals surface area contributed by atoms with Crippen LogP contribution in [0.15, 0.2) is 24.4 Å². The predicted molar refractivity (Wildman–Crippen MR) is 70.9 cm³/mol. The molecule has 1 aromatic rings. The van der Waals surface area contributed by atoms with Gasteiger partial charge in [-0.1, -0.05) is 19.9 Å². The van der Waals surface area contributed by atoms with Crippen molar-refractivity contribution in [2.45, 2.75) is 44.8 Å². The van der Waals surface area contributed by atoms with E-state index in [1.807, 2.05) is 32.3 Å². The van der Waals surface area contributed by atoms with E-state index in [2.05, 4.69) is 23.7 Å². The van der Waals surface area contributed by atoms with Crippen molar-refractivity contribution in [1.82, 2.24) is 9.88 Å². The average molecular weight is 236 g/mol. The summed E-state index contributed by atoms with van der Waals surface area (Å²) in [4.78, 5) is 6.42. The summed E-state index contributed by atoms with van der Waals surface area (Å²) in [5.41, 5.74) is 0.797. The van der Waals surface area contributed by atoms with E-state index >= 15 is 0 Å². The third-order valence-electron chi connectivity index (χ3n) is 3.86. The standard InChI is InChI=1S/C14H24N2O/c1-5-14(6-2,16(3)4)13(17)11-12-9-7-8-10-15-12/h7-10,13,17H,5-6,11H2,1-4H3. The molecule has 0 aliphatic carbocycles. The van der Waals surface area contributed by atoms with Gasteiger partial charge in [0.05, 0.1) is 6.10 Å². The summed E-state index contributed by atoms with van der Waals surface area (Å²) in [5, 5.41) is 10.5. The molecule has 0 spiro atoms. The zero-order valence-electron chi connectivity index (χ0n) is 11.3. The number of aromatic nitrogens is 1. The third-order valence-corrected chi connectivity index (χ3v) is 3.86. The van der Waals surface area contributed by atoms with Crippen molar-refractivity contribution < 1.29 is 5.11 Å². The van der Waals surface area contributed by atoms with Crippen molar-refractivity contribution >= 4 is 0 Å². The van der Waals surface area contributed by atoms with E-state index in [4.69, 9.17) is 0 Å². The number of hydrogen-bond acceptors (Lipinski definition) is 3. The van der Waals surface area contributed by atoms with Crippen molar-refractivity contribution in [3.8, 4) is 0 Å². The lowest BCUT2D eigenvalue weighted by molar-refractivity contribution is -0.0130. The van der Waals surface area contributed by atoms with E-state index in [-0.39, 0.29) is 11.6 Å². The minimum atomic E-state index is -0.387. The van der Waals surface area contributed by atoms with Gasteiger partial charge in [-0.15, -0.1) is 0 Å². The monoisotopic (exact) mass is 236 g/mol. The molecule has 0 fully saturated rings. The van der Waals surface area contributed by atoms with Crippen molar-refractivity contribution in [1.29, 1.82) is 0 Å². The summed E-state index contributed by atoms with van der Waals surface area (Å²) in [6.07, 6.45) is 3.87. The molecule has 0 aliphatic heterocycles. The second-order valence-corrected chi connectivity index (χ2v) is 4.75. The van der Waals surface area contributed by atoms with Crippen LogP contribution >= 0.6 is 0 Å². The molecule has 1 unspecified atom stereocenters. The Labute approximate surface area is 104 Å². The van der Waals surface area contributed by atoms with Crippen LogP contribution in [0.2, 0.25) is 0 Å². The molecule has 0 saturated carbocycles. The highest BCUT2D eigenvalue weighted by molar-refractivity contribution is 5.07. The fourth-order valence-corrected chi connectivity index (χ4v) is 2.56. The zero-order valence-corrected chi connectivity index (χ0v) is 11.3. The van der Waals surface area contributed by atoms with Crippen LogP contribution in [-0.4, -0.2) is 40.7 Å². The van der Waals surface area contributed by atoms with Gasteiger partial charge in [0.1, 0.15) is 0 Å². The smallest absolute Gasteiger partial charge is 0.0778 e. The first-order valence-corrected chi connectivity index (χ1v) is 6.32. The van der Waals surface area contributed by atoms with E-state index in [0.717, 1.165) is 18.5 Å². The first kappa shape index (κ1) is 14.1. The maximum atomic E-state index is 10.5. The number of hydrogen-bond donors (Lipinski definition) is 1. The molecule has 0 aliphatic rings. The molecule has 3 nitrogen and oxygen atoms in total. The molecule has 0 saturated heterocycles. The van der Waals surface area contributed by atoms with Gasteiger partial charge < -0.3 is 10.0 Å². The number of likely N-dealkylation sites (N-methyl/N-ethyl adjacent to an activating group) is 1. The van der Waals surface area contributed by atoms with E-state index < -0.39 is 0 Å². The van der Waals surface area contributed by atoms with Gasteiger partial charge in [-0.25, -0.2) is 0 Å². The Kier molecular flexibility index (Phi) is 5.09. The Morgan fingerprint density at radius 1 is 1.29 bits per heavy atom. The summed E-state index contributed by atoms with van der Waals surface area (Å²) in [6, 6.07) is 5.83. The molecular weight excluding hydrogens is 212 g/mol. The van der Waals surface area contributed by atoms with E-state index in [1.165, 1.54) is 0 Å². The number of aliphatic hydroxyl groups excluding tert-OH is 1. The van der Waals surface area contributed by atoms with Crippen molar-refractivity contribution in [3.05, 3.63) is 30.1 Å². The lowest BCUT2D eigenvalue weighted by Gasteiger charge is -2.42. The van der Waals surface area contributed by atoms with Gasteiger partial charge in [-0.2, -0.15) is 0 Å². The molecule has 0 radical (unpaired) electrons. The lowest BCUT2D eigenvalue weighted by atomic mass is 9.83. The quantitative estimate of drug-likeness (QED) is 0.822. The maximum absolute atomic E-state index is 10.5. The van der Waals surface area contributed by atoms with E-state index in [9.17, 15) is 5.11 Å². The predicted octanol–water partition coefficient (Wildman–Crippen LogP) is 2.11. The molecule has 0 amide bonds. The van der Waals surface area contributed by atoms with Gasteiger partial charge in [0.15, 0.2) is 0 Å². The molecule has 0 bridgehead atoms. The Balaban J connectivity index is 2.83. The van der Waals surface area contributed by atoms with Crippen LogP contribution in [0.5, 0.6) is 0 Å². The van der Waals surface area contributed by atoms with Gasteiger partial charge in [-0.3, -0.25) is 4.98 Å². The second-order valence-electron chi connectivity index (χ2n) is 4.75. The Hall–Kier alpha value is -0.930. The highest BCUT2D eigenvalue weighted by Crippen LogP contribution is 2.27. The van der Waals surface area contributed by atoms with Crippen LogP contribution in [0.25, 0.3) is 0 Å². The number of pyridine rings is 1. The average Bonchev–Trinajstić information content (AvgIpc) is 2.32. The highest BCUT2D eigenvalue weighted by atomic mass is 16.3. The summed E-state index contributed by atoms with van der Waals surface area (Å²) in [5.74, 6) is 0. The van der Waals surface area contributed by atoms with Crippen LogP contribution in [0.3, 0.4) is 0 Å². The molecule has 17 heavy (non-hydrogen) atoms. The summed E-state index contributed by atoms with van der Waals surface area (Å²) in [7, 11) is 4.07. The molecular formula is C14H24N2O. The van der Waals surface area contributed by atoms with Gasteiger partial charge >= 0.3 is 0 Å². The van der Waals surface area contributed by atoms with Gasteiger partial charge in [0.2, 0.25) is 0 Å².